The first-order valence-electron chi connectivity index (χ1n) is 5.93. The van der Waals surface area contributed by atoms with Gasteiger partial charge in [0.15, 0.2) is 0 Å². The molecular weight excluding hydrogens is 294 g/mol. The van der Waals surface area contributed by atoms with Crippen LogP contribution in [0.1, 0.15) is 12.7 Å². The van der Waals surface area contributed by atoms with Gasteiger partial charge in [0.1, 0.15) is 5.76 Å². The molecule has 0 saturated carbocycles. The highest BCUT2D eigenvalue weighted by molar-refractivity contribution is 7.89. The minimum absolute atomic E-state index is 0.0354. The van der Waals surface area contributed by atoms with Gasteiger partial charge in [-0.15, -0.1) is 0 Å². The zero-order valence-corrected chi connectivity index (χ0v) is 11.9. The van der Waals surface area contributed by atoms with Crippen molar-refractivity contribution in [3.8, 4) is 0 Å². The van der Waals surface area contributed by atoms with Crippen molar-refractivity contribution in [3.63, 3.8) is 0 Å². The van der Waals surface area contributed by atoms with Gasteiger partial charge in [0, 0.05) is 12.6 Å². The van der Waals surface area contributed by atoms with E-state index in [2.05, 4.69) is 15.2 Å². The topological polar surface area (TPSA) is 101 Å². The van der Waals surface area contributed by atoms with Crippen molar-refractivity contribution in [2.75, 3.05) is 5.32 Å². The molecule has 1 amide bonds. The number of carbonyl (C=O) groups excluding carboxylic acids is 1. The van der Waals surface area contributed by atoms with Gasteiger partial charge in [-0.25, -0.2) is 0 Å². The maximum atomic E-state index is 12.0. The lowest BCUT2D eigenvalue weighted by atomic mass is 10.3. The molecule has 1 heterocycles. The highest BCUT2D eigenvalue weighted by atomic mass is 32.2. The van der Waals surface area contributed by atoms with Crippen molar-refractivity contribution in [3.05, 3.63) is 48.4 Å². The lowest BCUT2D eigenvalue weighted by Crippen LogP contribution is -2.18. The molecule has 0 unspecified atom stereocenters. The average molecular weight is 307 g/mol. The fourth-order valence-electron chi connectivity index (χ4n) is 1.50. The molecule has 0 saturated heterocycles. The molecule has 7 nitrogen and oxygen atoms in total. The summed E-state index contributed by atoms with van der Waals surface area (Å²) in [7, 11) is -3.76. The van der Waals surface area contributed by atoms with E-state index in [9.17, 15) is 13.2 Å². The van der Waals surface area contributed by atoms with E-state index in [-0.39, 0.29) is 10.8 Å². The lowest BCUT2D eigenvalue weighted by molar-refractivity contribution is -0.114. The highest BCUT2D eigenvalue weighted by Crippen LogP contribution is 2.13. The van der Waals surface area contributed by atoms with Crippen LogP contribution >= 0.6 is 0 Å². The summed E-state index contributed by atoms with van der Waals surface area (Å²) in [6, 6.07) is 9.03. The predicted octanol–water partition coefficient (Wildman–Crippen LogP) is 1.55. The van der Waals surface area contributed by atoms with E-state index in [1.807, 2.05) is 0 Å². The van der Waals surface area contributed by atoms with Crippen LogP contribution in [0, 0.1) is 0 Å². The Bertz CT molecular complexity index is 734. The number of rotatable bonds is 5. The molecule has 2 rings (SSSR count). The number of benzene rings is 1. The van der Waals surface area contributed by atoms with E-state index in [1.165, 1.54) is 43.7 Å². The van der Waals surface area contributed by atoms with Crippen molar-refractivity contribution in [1.29, 1.82) is 0 Å². The van der Waals surface area contributed by atoms with Crippen LogP contribution in [-0.4, -0.2) is 20.5 Å². The second-order valence-corrected chi connectivity index (χ2v) is 5.73. The second kappa shape index (κ2) is 6.23. The number of sulfonamides is 1. The SMILES string of the molecule is CC(=O)Nc1ccc(S(=O)(=O)N/N=C\c2ccco2)cc1. The van der Waals surface area contributed by atoms with Gasteiger partial charge in [-0.05, 0) is 36.4 Å². The Morgan fingerprint density at radius 2 is 1.95 bits per heavy atom. The first kappa shape index (κ1) is 14.8. The number of carbonyl (C=O) groups is 1. The largest absolute Gasteiger partial charge is 0.463 e. The van der Waals surface area contributed by atoms with Crippen LogP contribution in [0.3, 0.4) is 0 Å². The molecule has 21 heavy (non-hydrogen) atoms. The van der Waals surface area contributed by atoms with Gasteiger partial charge in [-0.1, -0.05) is 0 Å². The number of amides is 1. The Hall–Kier alpha value is -2.61. The van der Waals surface area contributed by atoms with Crippen LogP contribution in [0.4, 0.5) is 5.69 Å². The van der Waals surface area contributed by atoms with Crippen molar-refractivity contribution >= 4 is 27.8 Å². The molecule has 0 fully saturated rings. The molecule has 0 atom stereocenters. The normalized spacial score (nSPS) is 11.5. The third-order valence-corrected chi connectivity index (χ3v) is 3.63. The van der Waals surface area contributed by atoms with Crippen LogP contribution < -0.4 is 10.1 Å². The molecule has 0 aliphatic heterocycles. The Morgan fingerprint density at radius 3 is 2.52 bits per heavy atom. The zero-order valence-electron chi connectivity index (χ0n) is 11.1. The summed E-state index contributed by atoms with van der Waals surface area (Å²) in [5.74, 6) is 0.200. The third-order valence-electron chi connectivity index (χ3n) is 2.39. The Labute approximate surface area is 121 Å². The first-order chi connectivity index (χ1) is 9.97. The molecule has 2 N–H and O–H groups in total. The summed E-state index contributed by atoms with van der Waals surface area (Å²) in [4.78, 5) is 13.0. The highest BCUT2D eigenvalue weighted by Gasteiger charge is 2.12. The van der Waals surface area contributed by atoms with E-state index in [1.54, 1.807) is 12.1 Å². The molecule has 0 aliphatic carbocycles. The Balaban J connectivity index is 2.07. The number of anilines is 1. The standard InChI is InChI=1S/C13H13N3O4S/c1-10(17)15-11-4-6-13(7-5-11)21(18,19)16-14-9-12-3-2-8-20-12/h2-9,16H,1H3,(H,15,17)/b14-9-. The zero-order chi connectivity index (χ0) is 15.3. The van der Waals surface area contributed by atoms with Gasteiger partial charge in [0.2, 0.25) is 5.91 Å². The average Bonchev–Trinajstić information content (AvgIpc) is 2.91. The maximum absolute atomic E-state index is 12.0. The molecule has 1 aromatic heterocycles. The van der Waals surface area contributed by atoms with E-state index < -0.39 is 10.0 Å². The summed E-state index contributed by atoms with van der Waals surface area (Å²) < 4.78 is 28.9. The number of hydrazone groups is 1. The number of furan rings is 1. The van der Waals surface area contributed by atoms with Gasteiger partial charge in [0.25, 0.3) is 10.0 Å². The van der Waals surface area contributed by atoms with Gasteiger partial charge in [-0.3, -0.25) is 4.79 Å². The van der Waals surface area contributed by atoms with Crippen LogP contribution in [-0.2, 0) is 14.8 Å². The Morgan fingerprint density at radius 1 is 1.24 bits per heavy atom. The summed E-state index contributed by atoms with van der Waals surface area (Å²) in [6.07, 6.45) is 2.71. The second-order valence-electron chi connectivity index (χ2n) is 4.07. The molecule has 0 bridgehead atoms. The first-order valence-corrected chi connectivity index (χ1v) is 7.42. The molecule has 2 aromatic rings. The van der Waals surface area contributed by atoms with Crippen LogP contribution in [0.5, 0.6) is 0 Å². The fraction of sp³-hybridized carbons (Fsp3) is 0.0769. The number of nitrogens with one attached hydrogen (secondary N) is 2. The smallest absolute Gasteiger partial charge is 0.276 e. The van der Waals surface area contributed by atoms with Gasteiger partial charge in [0.05, 0.1) is 17.4 Å². The molecule has 0 aliphatic rings. The van der Waals surface area contributed by atoms with Crippen molar-refractivity contribution < 1.29 is 17.6 Å². The van der Waals surface area contributed by atoms with E-state index in [4.69, 9.17) is 4.42 Å². The number of nitrogens with zero attached hydrogens (tertiary/aromatic N) is 1. The molecule has 0 radical (unpaired) electrons. The summed E-state index contributed by atoms with van der Waals surface area (Å²) >= 11 is 0. The van der Waals surface area contributed by atoms with Crippen molar-refractivity contribution in [2.45, 2.75) is 11.8 Å². The Kier molecular flexibility index (Phi) is 4.39. The van der Waals surface area contributed by atoms with E-state index in [0.717, 1.165) is 0 Å². The van der Waals surface area contributed by atoms with Crippen molar-refractivity contribution in [1.82, 2.24) is 4.83 Å². The van der Waals surface area contributed by atoms with Crippen LogP contribution in [0.15, 0.2) is 57.1 Å². The molecule has 8 heteroatoms. The summed E-state index contributed by atoms with van der Waals surface area (Å²) in [5.41, 5.74) is 0.514. The third kappa shape index (κ3) is 4.18. The van der Waals surface area contributed by atoms with E-state index in [0.29, 0.717) is 11.4 Å². The summed E-state index contributed by atoms with van der Waals surface area (Å²) in [5, 5.41) is 6.16. The minimum Gasteiger partial charge on any atom is -0.463 e. The van der Waals surface area contributed by atoms with Gasteiger partial charge in [-0.2, -0.15) is 18.4 Å². The molecule has 110 valence electrons. The molecule has 1 aromatic carbocycles. The molecular formula is C13H13N3O4S. The fourth-order valence-corrected chi connectivity index (χ4v) is 2.29. The maximum Gasteiger partial charge on any atom is 0.276 e. The number of hydrogen-bond acceptors (Lipinski definition) is 5. The quantitative estimate of drug-likeness (QED) is 0.646. The van der Waals surface area contributed by atoms with Crippen LogP contribution in [0.2, 0.25) is 0 Å². The monoisotopic (exact) mass is 307 g/mol. The van der Waals surface area contributed by atoms with Crippen molar-refractivity contribution in [2.24, 2.45) is 5.10 Å². The predicted molar refractivity (Wildman–Crippen MR) is 77.4 cm³/mol. The van der Waals surface area contributed by atoms with Crippen LogP contribution in [0.25, 0.3) is 0 Å². The summed E-state index contributed by atoms with van der Waals surface area (Å²) in [6.45, 7) is 1.37. The van der Waals surface area contributed by atoms with Gasteiger partial charge < -0.3 is 9.73 Å². The molecule has 0 spiro atoms. The lowest BCUT2D eigenvalue weighted by Gasteiger charge is -2.05. The number of hydrogen-bond donors (Lipinski definition) is 2. The van der Waals surface area contributed by atoms with E-state index >= 15 is 0 Å². The minimum atomic E-state index is -3.76. The van der Waals surface area contributed by atoms with Gasteiger partial charge >= 0.3 is 0 Å².